The van der Waals surface area contributed by atoms with E-state index < -0.39 is 32.0 Å². The first-order valence-corrected chi connectivity index (χ1v) is 13.9. The van der Waals surface area contributed by atoms with Crippen LogP contribution in [0.1, 0.15) is 12.5 Å². The number of anilines is 2. The molecule has 3 N–H and O–H groups in total. The van der Waals surface area contributed by atoms with Crippen LogP contribution < -0.4 is 19.5 Å². The fourth-order valence-electron chi connectivity index (χ4n) is 2.95. The molecule has 0 aliphatic rings. The van der Waals surface area contributed by atoms with Crippen molar-refractivity contribution >= 4 is 55.0 Å². The molecule has 9 nitrogen and oxygen atoms in total. The normalized spacial score (nSPS) is 12.8. The molecule has 190 valence electrons. The van der Waals surface area contributed by atoms with Gasteiger partial charge in [-0.3, -0.25) is 9.52 Å². The molecule has 0 saturated heterocycles. The molecule has 0 fully saturated rings. The summed E-state index contributed by atoms with van der Waals surface area (Å²) in [5, 5.41) is 3.50. The number of hydrogen-bond acceptors (Lipinski definition) is 6. The number of halogens is 1. The topological polar surface area (TPSA) is 131 Å². The van der Waals surface area contributed by atoms with Gasteiger partial charge in [-0.25, -0.2) is 16.8 Å². The predicted octanol–water partition coefficient (Wildman–Crippen LogP) is 4.07. The molecule has 0 aromatic heterocycles. The summed E-state index contributed by atoms with van der Waals surface area (Å²) in [6.45, 7) is 1.35. The van der Waals surface area contributed by atoms with E-state index in [2.05, 4.69) is 14.8 Å². The largest absolute Gasteiger partial charge is 0.497 e. The van der Waals surface area contributed by atoms with Gasteiger partial charge in [0.1, 0.15) is 5.75 Å². The van der Waals surface area contributed by atoms with Crippen LogP contribution in [0.3, 0.4) is 0 Å². The van der Waals surface area contributed by atoms with Gasteiger partial charge in [0.05, 0.1) is 28.8 Å². The van der Waals surface area contributed by atoms with Crippen LogP contribution >= 0.6 is 11.6 Å². The Morgan fingerprint density at radius 3 is 2.28 bits per heavy atom. The number of rotatable bonds is 10. The van der Waals surface area contributed by atoms with Crippen LogP contribution in [-0.4, -0.2) is 35.9 Å². The Kier molecular flexibility index (Phi) is 8.75. The second kappa shape index (κ2) is 11.6. The maximum atomic E-state index is 12.8. The van der Waals surface area contributed by atoms with Crippen molar-refractivity contribution in [3.05, 3.63) is 88.8 Å². The highest BCUT2D eigenvalue weighted by molar-refractivity contribution is 7.93. The maximum absolute atomic E-state index is 12.8. The number of carbonyl (C=O) groups excluding carboxylic acids is 1. The first-order chi connectivity index (χ1) is 17.0. The van der Waals surface area contributed by atoms with Gasteiger partial charge in [-0.15, -0.1) is 0 Å². The van der Waals surface area contributed by atoms with E-state index in [9.17, 15) is 21.6 Å². The molecule has 0 aliphatic heterocycles. The van der Waals surface area contributed by atoms with Crippen molar-refractivity contribution in [2.24, 2.45) is 0 Å². The lowest BCUT2D eigenvalue weighted by Gasteiger charge is -2.15. The van der Waals surface area contributed by atoms with Crippen molar-refractivity contribution in [2.45, 2.75) is 17.9 Å². The maximum Gasteiger partial charge on any atom is 0.261 e. The van der Waals surface area contributed by atoms with Crippen molar-refractivity contribution in [3.8, 4) is 5.75 Å². The minimum absolute atomic E-state index is 0.00477. The summed E-state index contributed by atoms with van der Waals surface area (Å²) in [6.07, 6.45) is 1.40. The molecule has 3 rings (SSSR count). The van der Waals surface area contributed by atoms with Crippen LogP contribution in [0, 0.1) is 0 Å². The third-order valence-corrected chi connectivity index (χ3v) is 7.71. The van der Waals surface area contributed by atoms with Gasteiger partial charge in [-0.1, -0.05) is 41.9 Å². The zero-order valence-corrected chi connectivity index (χ0v) is 21.7. The van der Waals surface area contributed by atoms with Gasteiger partial charge in [0.2, 0.25) is 15.9 Å². The van der Waals surface area contributed by atoms with Crippen LogP contribution in [0.15, 0.2) is 83.1 Å². The number of carbonyl (C=O) groups is 1. The van der Waals surface area contributed by atoms with Crippen LogP contribution in [0.4, 0.5) is 11.4 Å². The lowest BCUT2D eigenvalue weighted by Crippen LogP contribution is -2.40. The Balaban J connectivity index is 1.70. The average Bonchev–Trinajstić information content (AvgIpc) is 2.84. The fourth-order valence-corrected chi connectivity index (χ4v) is 5.22. The molecule has 1 amide bonds. The molecular formula is C24H24ClN3O6S2. The van der Waals surface area contributed by atoms with Gasteiger partial charge in [0.15, 0.2) is 0 Å². The zero-order chi connectivity index (χ0) is 26.3. The summed E-state index contributed by atoms with van der Waals surface area (Å²) in [5.41, 5.74) is 0.987. The summed E-state index contributed by atoms with van der Waals surface area (Å²) in [4.78, 5) is 12.5. The third-order valence-electron chi connectivity index (χ3n) is 4.82. The molecule has 0 heterocycles. The minimum Gasteiger partial charge on any atom is -0.497 e. The highest BCUT2D eigenvalue weighted by atomic mass is 35.5. The second-order valence-corrected chi connectivity index (χ2v) is 11.3. The summed E-state index contributed by atoms with van der Waals surface area (Å²) < 4.78 is 60.0. The summed E-state index contributed by atoms with van der Waals surface area (Å²) >= 11 is 6.15. The first-order valence-electron chi connectivity index (χ1n) is 10.5. The Morgan fingerprint density at radius 2 is 1.64 bits per heavy atom. The summed E-state index contributed by atoms with van der Waals surface area (Å²) in [5.74, 6) is -0.166. The summed E-state index contributed by atoms with van der Waals surface area (Å²) in [6, 6.07) is 17.7. The second-order valence-electron chi connectivity index (χ2n) is 7.56. The van der Waals surface area contributed by atoms with E-state index in [1.165, 1.54) is 50.4 Å². The smallest absolute Gasteiger partial charge is 0.261 e. The van der Waals surface area contributed by atoms with Crippen LogP contribution in [0.25, 0.3) is 6.08 Å². The Bertz CT molecular complexity index is 1460. The predicted molar refractivity (Wildman–Crippen MR) is 141 cm³/mol. The molecule has 0 bridgehead atoms. The minimum atomic E-state index is -4.01. The van der Waals surface area contributed by atoms with E-state index in [0.29, 0.717) is 17.0 Å². The number of methoxy groups -OCH3 is 1. The molecule has 3 aromatic carbocycles. The van der Waals surface area contributed by atoms with E-state index in [1.54, 1.807) is 42.5 Å². The summed E-state index contributed by atoms with van der Waals surface area (Å²) in [7, 11) is -6.45. The number of sulfonamides is 2. The number of nitrogens with one attached hydrogen (secondary N) is 3. The monoisotopic (exact) mass is 549 g/mol. The molecule has 36 heavy (non-hydrogen) atoms. The first kappa shape index (κ1) is 27.2. The van der Waals surface area contributed by atoms with Crippen LogP contribution in [0.2, 0.25) is 5.02 Å². The molecule has 0 aliphatic carbocycles. The highest BCUT2D eigenvalue weighted by Crippen LogP contribution is 2.27. The van der Waals surface area contributed by atoms with Crippen molar-refractivity contribution in [1.82, 2.24) is 4.72 Å². The van der Waals surface area contributed by atoms with Gasteiger partial charge in [0, 0.05) is 11.1 Å². The van der Waals surface area contributed by atoms with E-state index in [1.807, 2.05) is 0 Å². The molecule has 1 unspecified atom stereocenters. The van der Waals surface area contributed by atoms with Crippen molar-refractivity contribution in [1.29, 1.82) is 0 Å². The standard InChI is InChI=1S/C24H24ClN3O6S2/c1-17(27-35(30,31)15-14-18-6-4-3-5-7-18)24(29)26-23-16-21(12-13-22(23)25)36(32,33)28-19-8-10-20(34-2)11-9-19/h3-17,27-28H,1-2H3,(H,26,29). The molecule has 0 radical (unpaired) electrons. The third kappa shape index (κ3) is 7.56. The molecule has 12 heteroatoms. The molecule has 0 spiro atoms. The lowest BCUT2D eigenvalue weighted by molar-refractivity contribution is -0.117. The number of amides is 1. The van der Waals surface area contributed by atoms with E-state index in [0.717, 1.165) is 5.41 Å². The zero-order valence-electron chi connectivity index (χ0n) is 19.3. The van der Waals surface area contributed by atoms with Crippen LogP contribution in [0.5, 0.6) is 5.75 Å². The SMILES string of the molecule is COc1ccc(NS(=O)(=O)c2ccc(Cl)c(NC(=O)C(C)NS(=O)(=O)C=Cc3ccccc3)c2)cc1. The van der Waals surface area contributed by atoms with Crippen molar-refractivity contribution in [3.63, 3.8) is 0 Å². The molecular weight excluding hydrogens is 526 g/mol. The van der Waals surface area contributed by atoms with Crippen molar-refractivity contribution in [2.75, 3.05) is 17.1 Å². The molecule has 0 saturated carbocycles. The molecule has 3 aromatic rings. The number of hydrogen-bond donors (Lipinski definition) is 3. The van der Waals surface area contributed by atoms with Crippen molar-refractivity contribution < 1.29 is 26.4 Å². The van der Waals surface area contributed by atoms with Gasteiger partial charge in [0.25, 0.3) is 10.0 Å². The van der Waals surface area contributed by atoms with E-state index >= 15 is 0 Å². The quantitative estimate of drug-likeness (QED) is 0.349. The van der Waals surface area contributed by atoms with Gasteiger partial charge in [-0.2, -0.15) is 4.72 Å². The highest BCUT2D eigenvalue weighted by Gasteiger charge is 2.21. The van der Waals surface area contributed by atoms with E-state index in [-0.39, 0.29) is 15.6 Å². The fraction of sp³-hybridized carbons (Fsp3) is 0.125. The van der Waals surface area contributed by atoms with Crippen LogP contribution in [-0.2, 0) is 24.8 Å². The Hall–Kier alpha value is -3.38. The average molecular weight is 550 g/mol. The van der Waals surface area contributed by atoms with Gasteiger partial charge >= 0.3 is 0 Å². The number of benzene rings is 3. The Morgan fingerprint density at radius 1 is 0.972 bits per heavy atom. The Labute approximate surface area is 215 Å². The van der Waals surface area contributed by atoms with E-state index in [4.69, 9.17) is 16.3 Å². The van der Waals surface area contributed by atoms with Gasteiger partial charge in [-0.05, 0) is 61.0 Å². The lowest BCUT2D eigenvalue weighted by atomic mass is 10.2. The number of ether oxygens (including phenoxy) is 1. The van der Waals surface area contributed by atoms with Gasteiger partial charge < -0.3 is 10.1 Å². The molecule has 1 atom stereocenters.